The molecule has 14 nitrogen and oxygen atoms in total. The molecule has 1 aliphatic heterocycles. The Hall–Kier alpha value is -3.52. The van der Waals surface area contributed by atoms with Gasteiger partial charge in [0.15, 0.2) is 0 Å². The molecule has 51 heavy (non-hydrogen) atoms. The number of nitrogens with one attached hydrogen (secondary N) is 5. The molecule has 5 amide bonds. The Morgan fingerprint density at radius 3 is 1.80 bits per heavy atom. The van der Waals surface area contributed by atoms with E-state index in [2.05, 4.69) is 33.5 Å². The fourth-order valence-electron chi connectivity index (χ4n) is 5.64. The maximum atomic E-state index is 13.8. The van der Waals surface area contributed by atoms with Gasteiger partial charge in [-0.1, -0.05) is 86.3 Å². The summed E-state index contributed by atoms with van der Waals surface area (Å²) in [6.07, 6.45) is 7.45. The smallest absolute Gasteiger partial charge is 0.329 e. The van der Waals surface area contributed by atoms with Crippen LogP contribution in [0.1, 0.15) is 120 Å². The van der Waals surface area contributed by atoms with Gasteiger partial charge in [-0.05, 0) is 50.4 Å². The van der Waals surface area contributed by atoms with Crippen molar-refractivity contribution in [2.75, 3.05) is 6.61 Å². The number of unbranched alkanes of at least 4 members (excludes halogenated alkanes) is 4. The summed E-state index contributed by atoms with van der Waals surface area (Å²) in [6.45, 7) is 13.6. The van der Waals surface area contributed by atoms with Gasteiger partial charge in [0, 0.05) is 6.42 Å². The zero-order valence-electron chi connectivity index (χ0n) is 32.0. The molecule has 0 bridgehead atoms. The van der Waals surface area contributed by atoms with Gasteiger partial charge in [0.2, 0.25) is 29.5 Å². The molecule has 0 unspecified atom stereocenters. The number of hydrogen-bond acceptors (Lipinski definition) is 9. The summed E-state index contributed by atoms with van der Waals surface area (Å²) >= 11 is 0. The van der Waals surface area contributed by atoms with Crippen molar-refractivity contribution in [2.45, 2.75) is 162 Å². The molecule has 0 aliphatic carbocycles. The Balaban J connectivity index is 3.64. The van der Waals surface area contributed by atoms with Crippen molar-refractivity contribution in [3.8, 4) is 0 Å². The molecule has 14 heteroatoms. The minimum Gasteiger partial charge on any atom is -0.460 e. The van der Waals surface area contributed by atoms with Crippen LogP contribution in [0.15, 0.2) is 12.2 Å². The third kappa shape index (κ3) is 17.0. The van der Waals surface area contributed by atoms with Crippen molar-refractivity contribution in [2.24, 2.45) is 17.8 Å². The Morgan fingerprint density at radius 2 is 1.25 bits per heavy atom. The highest BCUT2D eigenvalue weighted by Gasteiger charge is 2.36. The highest BCUT2D eigenvalue weighted by Crippen LogP contribution is 2.17. The fourth-order valence-corrected chi connectivity index (χ4v) is 5.64. The van der Waals surface area contributed by atoms with Gasteiger partial charge in [-0.2, -0.15) is 0 Å². The predicted octanol–water partition coefficient (Wildman–Crippen LogP) is 2.15. The van der Waals surface area contributed by atoms with Crippen LogP contribution in [0.25, 0.3) is 0 Å². The topological polar surface area (TPSA) is 212 Å². The minimum absolute atomic E-state index is 0.0599. The van der Waals surface area contributed by atoms with Crippen LogP contribution in [0.4, 0.5) is 0 Å². The molecule has 1 saturated heterocycles. The SMILES string of the molecule is CCCCCC/C=C\C[C@@H]1CC(=O)N[C@H](CC(C)C)C(=O)N[C@@H](CO)C(=O)N[C@@H]([C@@H](C)O)C(=O)N[C@H](CC(C)C)C(=O)N[C@@H]([C@@H](C)CC)C(=O)O1. The van der Waals surface area contributed by atoms with Crippen molar-refractivity contribution in [1.82, 2.24) is 26.6 Å². The summed E-state index contributed by atoms with van der Waals surface area (Å²) in [4.78, 5) is 81.1. The maximum Gasteiger partial charge on any atom is 0.329 e. The summed E-state index contributed by atoms with van der Waals surface area (Å²) < 4.78 is 5.92. The molecular weight excluding hydrogens is 658 g/mol. The number of amides is 5. The molecule has 0 aromatic carbocycles. The molecule has 1 aliphatic rings. The summed E-state index contributed by atoms with van der Waals surface area (Å²) in [6, 6.07) is -6.46. The number of allylic oxidation sites excluding steroid dienone is 1. The Labute approximate surface area is 304 Å². The first-order valence-electron chi connectivity index (χ1n) is 18.7. The average Bonchev–Trinajstić information content (AvgIpc) is 3.05. The van der Waals surface area contributed by atoms with Gasteiger partial charge in [-0.15, -0.1) is 0 Å². The monoisotopic (exact) mass is 723 g/mol. The minimum atomic E-state index is -1.56. The number of aliphatic hydroxyl groups is 2. The molecule has 0 spiro atoms. The number of carbonyl (C=O) groups excluding carboxylic acids is 6. The van der Waals surface area contributed by atoms with E-state index in [4.69, 9.17) is 4.74 Å². The molecule has 8 atom stereocenters. The van der Waals surface area contributed by atoms with Crippen LogP contribution in [0.5, 0.6) is 0 Å². The van der Waals surface area contributed by atoms with Gasteiger partial charge in [0.1, 0.15) is 36.3 Å². The summed E-state index contributed by atoms with van der Waals surface area (Å²) in [5.41, 5.74) is 0. The number of cyclic esters (lactones) is 1. The van der Waals surface area contributed by atoms with Crippen LogP contribution < -0.4 is 26.6 Å². The lowest BCUT2D eigenvalue weighted by atomic mass is 9.97. The quantitative estimate of drug-likeness (QED) is 0.0749. The van der Waals surface area contributed by atoms with Gasteiger partial charge < -0.3 is 41.5 Å². The number of carbonyl (C=O) groups is 6. The first-order valence-corrected chi connectivity index (χ1v) is 18.7. The van der Waals surface area contributed by atoms with E-state index in [1.54, 1.807) is 6.92 Å². The van der Waals surface area contributed by atoms with E-state index in [0.29, 0.717) is 6.42 Å². The van der Waals surface area contributed by atoms with E-state index in [9.17, 15) is 39.0 Å². The fraction of sp³-hybridized carbons (Fsp3) is 0.784. The van der Waals surface area contributed by atoms with Gasteiger partial charge in [0.25, 0.3) is 0 Å². The number of hydrogen-bond donors (Lipinski definition) is 7. The Kier molecular flexibility index (Phi) is 21.3. The van der Waals surface area contributed by atoms with Crippen LogP contribution in [0.3, 0.4) is 0 Å². The number of aliphatic hydroxyl groups excluding tert-OH is 2. The lowest BCUT2D eigenvalue weighted by Gasteiger charge is -2.29. The second-order valence-corrected chi connectivity index (χ2v) is 14.6. The van der Waals surface area contributed by atoms with Crippen molar-refractivity contribution in [1.29, 1.82) is 0 Å². The van der Waals surface area contributed by atoms with E-state index in [-0.39, 0.29) is 43.4 Å². The lowest BCUT2D eigenvalue weighted by Crippen LogP contribution is -2.62. The zero-order chi connectivity index (χ0) is 38.7. The molecule has 292 valence electrons. The molecule has 0 aromatic rings. The van der Waals surface area contributed by atoms with Crippen molar-refractivity contribution in [3.05, 3.63) is 12.2 Å². The van der Waals surface area contributed by atoms with Crippen LogP contribution in [-0.4, -0.2) is 94.7 Å². The summed E-state index contributed by atoms with van der Waals surface area (Å²) in [5.74, 6) is -5.08. The molecule has 0 radical (unpaired) electrons. The van der Waals surface area contributed by atoms with E-state index < -0.39 is 84.5 Å². The van der Waals surface area contributed by atoms with Gasteiger partial charge in [0.05, 0.1) is 19.1 Å². The van der Waals surface area contributed by atoms with E-state index in [1.165, 1.54) is 6.92 Å². The third-order valence-electron chi connectivity index (χ3n) is 8.83. The summed E-state index contributed by atoms with van der Waals surface area (Å²) in [7, 11) is 0. The first-order chi connectivity index (χ1) is 24.0. The number of esters is 1. The summed E-state index contributed by atoms with van der Waals surface area (Å²) in [5, 5.41) is 33.4. The maximum absolute atomic E-state index is 13.8. The van der Waals surface area contributed by atoms with Crippen molar-refractivity contribution >= 4 is 35.5 Å². The molecule has 0 saturated carbocycles. The van der Waals surface area contributed by atoms with E-state index >= 15 is 0 Å². The zero-order valence-corrected chi connectivity index (χ0v) is 32.0. The molecule has 1 heterocycles. The average molecular weight is 724 g/mol. The molecule has 7 N–H and O–H groups in total. The second kappa shape index (κ2) is 23.9. The van der Waals surface area contributed by atoms with Gasteiger partial charge in [-0.3, -0.25) is 24.0 Å². The van der Waals surface area contributed by atoms with Gasteiger partial charge in [-0.25, -0.2) is 4.79 Å². The van der Waals surface area contributed by atoms with Crippen molar-refractivity contribution in [3.63, 3.8) is 0 Å². The predicted molar refractivity (Wildman–Crippen MR) is 194 cm³/mol. The Morgan fingerprint density at radius 1 is 0.706 bits per heavy atom. The van der Waals surface area contributed by atoms with Crippen LogP contribution in [-0.2, 0) is 33.5 Å². The largest absolute Gasteiger partial charge is 0.460 e. The van der Waals surface area contributed by atoms with Crippen LogP contribution in [0, 0.1) is 17.8 Å². The highest BCUT2D eigenvalue weighted by molar-refractivity contribution is 5.96. The third-order valence-corrected chi connectivity index (χ3v) is 8.83. The molecule has 0 aromatic heterocycles. The molecule has 1 fully saturated rings. The number of ether oxygens (including phenoxy) is 1. The molecular formula is C37H65N5O9. The lowest BCUT2D eigenvalue weighted by molar-refractivity contribution is -0.156. The molecule has 1 rings (SSSR count). The van der Waals surface area contributed by atoms with E-state index in [1.807, 2.05) is 46.8 Å². The van der Waals surface area contributed by atoms with Crippen molar-refractivity contribution < 1.29 is 43.7 Å². The van der Waals surface area contributed by atoms with Crippen LogP contribution in [0.2, 0.25) is 0 Å². The normalized spacial score (nSPS) is 26.3. The van der Waals surface area contributed by atoms with Crippen LogP contribution >= 0.6 is 0 Å². The highest BCUT2D eigenvalue weighted by atomic mass is 16.5. The Bertz CT molecular complexity index is 1160. The van der Waals surface area contributed by atoms with Gasteiger partial charge >= 0.3 is 5.97 Å². The first kappa shape index (κ1) is 45.5. The number of rotatable bonds is 15. The standard InChI is InChI=1S/C37H65N5O9/c1-9-11-12-13-14-15-16-17-26-20-30(45)38-27(18-22(3)4)33(46)40-29(21-43)35(48)42-32(25(8)44)36(49)39-28(19-23(5)6)34(47)41-31(24(7)10-2)37(50)51-26/h15-16,22-29,31-32,43-44H,9-14,17-21H2,1-8H3,(H,38,45)(H,39,49)(H,40,46)(H,41,47)(H,42,48)/b16-15-/t24-,25+,26+,27+,28+,29-,31-,32-/m0/s1. The van der Waals surface area contributed by atoms with E-state index in [0.717, 1.165) is 32.1 Å². The second-order valence-electron chi connectivity index (χ2n) is 14.6.